The zero-order valence-corrected chi connectivity index (χ0v) is 24.0. The molecular weight excluding hydrogens is 500 g/mol. The monoisotopic (exact) mass is 534 g/mol. The van der Waals surface area contributed by atoms with Crippen LogP contribution in [0.2, 0.25) is 0 Å². The summed E-state index contributed by atoms with van der Waals surface area (Å²) in [6.45, 7) is 9.62. The molecule has 3 heterocycles. The van der Waals surface area contributed by atoms with Crippen LogP contribution >= 0.6 is 0 Å². The van der Waals surface area contributed by atoms with Crippen LogP contribution in [-0.2, 0) is 5.41 Å². The SMILES string of the molecule is CCCN1c2cccc3c2C2(C#Cc4ccc(C#N)cc4)c4c1cccc4N(CCC)c1cccc(c12)N3CCC. The third kappa shape index (κ3) is 3.47. The van der Waals surface area contributed by atoms with Crippen molar-refractivity contribution in [1.82, 2.24) is 0 Å². The van der Waals surface area contributed by atoms with Crippen molar-refractivity contribution in [2.45, 2.75) is 45.4 Å². The van der Waals surface area contributed by atoms with E-state index >= 15 is 0 Å². The van der Waals surface area contributed by atoms with Gasteiger partial charge >= 0.3 is 0 Å². The van der Waals surface area contributed by atoms with E-state index in [1.54, 1.807) is 0 Å². The Labute approximate surface area is 243 Å². The Morgan fingerprint density at radius 1 is 0.537 bits per heavy atom. The highest BCUT2D eigenvalue weighted by Crippen LogP contribution is 2.66. The minimum atomic E-state index is -0.615. The lowest BCUT2D eigenvalue weighted by Gasteiger charge is -2.54. The Kier molecular flexibility index (Phi) is 6.02. The van der Waals surface area contributed by atoms with Gasteiger partial charge < -0.3 is 14.7 Å². The van der Waals surface area contributed by atoms with Crippen molar-refractivity contribution in [3.8, 4) is 17.9 Å². The second-order valence-corrected chi connectivity index (χ2v) is 11.2. The van der Waals surface area contributed by atoms with Crippen LogP contribution in [0.15, 0.2) is 78.9 Å². The Morgan fingerprint density at radius 2 is 0.878 bits per heavy atom. The van der Waals surface area contributed by atoms with E-state index in [9.17, 15) is 5.26 Å². The molecule has 0 amide bonds. The summed E-state index contributed by atoms with van der Waals surface area (Å²) in [4.78, 5) is 7.60. The summed E-state index contributed by atoms with van der Waals surface area (Å²) in [5, 5.41) is 9.35. The average Bonchev–Trinajstić information content (AvgIpc) is 3.01. The number of benzene rings is 4. The third-order valence-electron chi connectivity index (χ3n) is 8.68. The van der Waals surface area contributed by atoms with Crippen LogP contribution in [0.5, 0.6) is 0 Å². The van der Waals surface area contributed by atoms with Gasteiger partial charge in [-0.15, -0.1) is 0 Å². The van der Waals surface area contributed by atoms with Crippen LogP contribution in [0, 0.1) is 23.2 Å². The quantitative estimate of drug-likeness (QED) is 0.232. The van der Waals surface area contributed by atoms with Gasteiger partial charge in [-0.2, -0.15) is 5.26 Å². The molecule has 0 aromatic heterocycles. The summed E-state index contributed by atoms with van der Waals surface area (Å²) in [5.74, 6) is 7.58. The fourth-order valence-corrected chi connectivity index (χ4v) is 7.23. The van der Waals surface area contributed by atoms with Crippen LogP contribution in [0.1, 0.15) is 67.9 Å². The zero-order valence-electron chi connectivity index (χ0n) is 24.0. The standard InChI is InChI=1S/C37H34N4/c1-4-22-39-28-10-7-12-30-34(28)37(21-20-26-16-18-27(25-38)19-17-26)35-29(39)11-8-13-31(35)41(24-6-3)33-15-9-14-32(36(33)37)40(30)23-5-2/h7-19H,4-6,22-24H2,1-3H3. The molecule has 0 fully saturated rings. The van der Waals surface area contributed by atoms with Crippen LogP contribution in [0.4, 0.5) is 34.1 Å². The summed E-state index contributed by atoms with van der Waals surface area (Å²) in [5.41, 5.74) is 12.4. The van der Waals surface area contributed by atoms with E-state index in [1.807, 2.05) is 24.3 Å². The highest BCUT2D eigenvalue weighted by Gasteiger charge is 2.55. The summed E-state index contributed by atoms with van der Waals surface area (Å²) in [6, 6.07) is 30.4. The predicted octanol–water partition coefficient (Wildman–Crippen LogP) is 8.53. The molecule has 41 heavy (non-hydrogen) atoms. The molecule has 0 aliphatic carbocycles. The van der Waals surface area contributed by atoms with Gasteiger partial charge in [0.05, 0.1) is 11.6 Å². The highest BCUT2D eigenvalue weighted by atomic mass is 15.2. The van der Waals surface area contributed by atoms with Gasteiger partial charge in [-0.1, -0.05) is 50.8 Å². The normalized spacial score (nSPS) is 14.6. The number of hydrogen-bond acceptors (Lipinski definition) is 4. The molecule has 3 aliphatic rings. The number of anilines is 6. The molecule has 0 atom stereocenters. The maximum Gasteiger partial charge on any atom is 0.119 e. The van der Waals surface area contributed by atoms with E-state index < -0.39 is 5.41 Å². The predicted molar refractivity (Wildman–Crippen MR) is 169 cm³/mol. The first-order chi connectivity index (χ1) is 20.2. The molecule has 7 rings (SSSR count). The smallest absolute Gasteiger partial charge is 0.119 e. The molecule has 0 bridgehead atoms. The van der Waals surface area contributed by atoms with E-state index in [-0.39, 0.29) is 0 Å². The van der Waals surface area contributed by atoms with Crippen LogP contribution in [-0.4, -0.2) is 19.6 Å². The largest absolute Gasteiger partial charge is 0.341 e. The van der Waals surface area contributed by atoms with Crippen LogP contribution in [0.3, 0.4) is 0 Å². The van der Waals surface area contributed by atoms with Gasteiger partial charge in [0, 0.05) is 76.0 Å². The van der Waals surface area contributed by atoms with Gasteiger partial charge in [0.25, 0.3) is 0 Å². The molecule has 0 unspecified atom stereocenters. The molecule has 0 radical (unpaired) electrons. The lowest BCUT2D eigenvalue weighted by molar-refractivity contribution is 0.703. The molecule has 0 saturated heterocycles. The Hall–Kier alpha value is -4.67. The van der Waals surface area contributed by atoms with Gasteiger partial charge in [0.1, 0.15) is 5.41 Å². The summed E-state index contributed by atoms with van der Waals surface area (Å²) >= 11 is 0. The van der Waals surface area contributed by atoms with Gasteiger partial charge in [0.15, 0.2) is 0 Å². The van der Waals surface area contributed by atoms with Crippen molar-refractivity contribution in [1.29, 1.82) is 5.26 Å². The number of nitrogens with zero attached hydrogens (tertiary/aromatic N) is 4. The molecule has 202 valence electrons. The van der Waals surface area contributed by atoms with E-state index in [0.29, 0.717) is 5.56 Å². The fraction of sp³-hybridized carbons (Fsp3) is 0.270. The fourth-order valence-electron chi connectivity index (χ4n) is 7.23. The van der Waals surface area contributed by atoms with Gasteiger partial charge in [-0.3, -0.25) is 0 Å². The van der Waals surface area contributed by atoms with Crippen molar-refractivity contribution in [3.63, 3.8) is 0 Å². The second kappa shape index (κ2) is 9.76. The molecule has 0 N–H and O–H groups in total. The topological polar surface area (TPSA) is 33.5 Å². The Bertz CT molecular complexity index is 1550. The van der Waals surface area contributed by atoms with E-state index in [4.69, 9.17) is 0 Å². The number of nitriles is 1. The number of hydrogen-bond donors (Lipinski definition) is 0. The maximum absolute atomic E-state index is 9.35. The van der Waals surface area contributed by atoms with Crippen molar-refractivity contribution in [3.05, 3.63) is 107 Å². The van der Waals surface area contributed by atoms with Gasteiger partial charge in [-0.05, 0) is 79.9 Å². The molecule has 3 aliphatic heterocycles. The first kappa shape index (κ1) is 25.3. The molecule has 4 aromatic rings. The molecular formula is C37H34N4. The van der Waals surface area contributed by atoms with Crippen molar-refractivity contribution >= 4 is 34.1 Å². The summed E-state index contributed by atoms with van der Waals surface area (Å²) in [6.07, 6.45) is 3.16. The third-order valence-corrected chi connectivity index (χ3v) is 8.68. The van der Waals surface area contributed by atoms with Crippen LogP contribution in [0.25, 0.3) is 0 Å². The van der Waals surface area contributed by atoms with E-state index in [0.717, 1.165) is 44.5 Å². The molecule has 0 spiro atoms. The highest BCUT2D eigenvalue weighted by molar-refractivity contribution is 6.02. The molecule has 4 aromatic carbocycles. The second-order valence-electron chi connectivity index (χ2n) is 11.2. The lowest BCUT2D eigenvalue weighted by Crippen LogP contribution is -2.47. The van der Waals surface area contributed by atoms with Crippen molar-refractivity contribution in [2.24, 2.45) is 0 Å². The number of rotatable bonds is 6. The minimum absolute atomic E-state index is 0.615. The Morgan fingerprint density at radius 3 is 1.20 bits per heavy atom. The summed E-state index contributed by atoms with van der Waals surface area (Å²) in [7, 11) is 0. The van der Waals surface area contributed by atoms with E-state index in [1.165, 1.54) is 50.8 Å². The van der Waals surface area contributed by atoms with E-state index in [2.05, 4.69) is 108 Å². The maximum atomic E-state index is 9.35. The average molecular weight is 535 g/mol. The molecule has 4 heteroatoms. The lowest BCUT2D eigenvalue weighted by atomic mass is 9.61. The Balaban J connectivity index is 1.64. The molecule has 4 nitrogen and oxygen atoms in total. The van der Waals surface area contributed by atoms with Gasteiger partial charge in [-0.25, -0.2) is 0 Å². The summed E-state index contributed by atoms with van der Waals surface area (Å²) < 4.78 is 0. The molecule has 0 saturated carbocycles. The minimum Gasteiger partial charge on any atom is -0.341 e. The van der Waals surface area contributed by atoms with Crippen LogP contribution < -0.4 is 14.7 Å². The zero-order chi connectivity index (χ0) is 28.1. The first-order valence-electron chi connectivity index (χ1n) is 14.9. The first-order valence-corrected chi connectivity index (χ1v) is 14.9. The van der Waals surface area contributed by atoms with Crippen molar-refractivity contribution < 1.29 is 0 Å². The van der Waals surface area contributed by atoms with Crippen molar-refractivity contribution in [2.75, 3.05) is 34.3 Å². The van der Waals surface area contributed by atoms with Gasteiger partial charge in [0.2, 0.25) is 0 Å².